The van der Waals surface area contributed by atoms with Crippen molar-refractivity contribution in [3.63, 3.8) is 0 Å². The molecule has 122 valence electrons. The second-order valence-electron chi connectivity index (χ2n) is 6.66. The van der Waals surface area contributed by atoms with Gasteiger partial charge in [-0.3, -0.25) is 4.89 Å². The SMILES string of the molecule is CCCCc1ccc(C(=O)OOC2CCC(C)C(C)C2)cc1. The molecule has 1 aliphatic carbocycles. The first kappa shape index (κ1) is 17.0. The van der Waals surface area contributed by atoms with Crippen LogP contribution >= 0.6 is 0 Å². The lowest BCUT2D eigenvalue weighted by atomic mass is 9.80. The largest absolute Gasteiger partial charge is 0.373 e. The van der Waals surface area contributed by atoms with Crippen LogP contribution in [0.3, 0.4) is 0 Å². The summed E-state index contributed by atoms with van der Waals surface area (Å²) in [4.78, 5) is 22.4. The maximum atomic E-state index is 12.0. The van der Waals surface area contributed by atoms with Crippen LogP contribution in [0.5, 0.6) is 0 Å². The summed E-state index contributed by atoms with van der Waals surface area (Å²) in [5.74, 6) is 0.954. The third-order valence-electron chi connectivity index (χ3n) is 4.82. The minimum atomic E-state index is -0.395. The molecular formula is C19H28O3. The lowest BCUT2D eigenvalue weighted by molar-refractivity contribution is -0.283. The van der Waals surface area contributed by atoms with E-state index in [1.807, 2.05) is 24.3 Å². The number of carbonyl (C=O) groups is 1. The summed E-state index contributed by atoms with van der Waals surface area (Å²) in [6, 6.07) is 7.64. The van der Waals surface area contributed by atoms with E-state index in [0.717, 1.165) is 31.6 Å². The van der Waals surface area contributed by atoms with Crippen molar-refractivity contribution in [2.24, 2.45) is 11.8 Å². The molecule has 3 nitrogen and oxygen atoms in total. The van der Waals surface area contributed by atoms with Gasteiger partial charge in [-0.2, -0.15) is 4.89 Å². The van der Waals surface area contributed by atoms with Crippen molar-refractivity contribution in [3.05, 3.63) is 35.4 Å². The Balaban J connectivity index is 1.79. The number of aryl methyl sites for hydroxylation is 1. The van der Waals surface area contributed by atoms with Crippen LogP contribution in [0.15, 0.2) is 24.3 Å². The summed E-state index contributed by atoms with van der Waals surface area (Å²) in [6.45, 7) is 6.68. The van der Waals surface area contributed by atoms with Gasteiger partial charge in [0.25, 0.3) is 0 Å². The summed E-state index contributed by atoms with van der Waals surface area (Å²) in [5, 5.41) is 0. The van der Waals surface area contributed by atoms with Gasteiger partial charge >= 0.3 is 5.97 Å². The molecule has 1 aromatic rings. The number of benzene rings is 1. The highest BCUT2D eigenvalue weighted by molar-refractivity contribution is 5.88. The monoisotopic (exact) mass is 304 g/mol. The third kappa shape index (κ3) is 4.84. The van der Waals surface area contributed by atoms with Gasteiger partial charge in [-0.1, -0.05) is 39.3 Å². The van der Waals surface area contributed by atoms with Gasteiger partial charge in [-0.05, 0) is 61.6 Å². The molecule has 1 aromatic carbocycles. The molecule has 1 fully saturated rings. The Hall–Kier alpha value is -1.35. The lowest BCUT2D eigenvalue weighted by Gasteiger charge is -2.30. The zero-order valence-electron chi connectivity index (χ0n) is 14.0. The molecule has 0 amide bonds. The minimum absolute atomic E-state index is 0.0407. The highest BCUT2D eigenvalue weighted by atomic mass is 17.2. The van der Waals surface area contributed by atoms with E-state index in [4.69, 9.17) is 9.78 Å². The first-order chi connectivity index (χ1) is 10.6. The average Bonchev–Trinajstić information content (AvgIpc) is 2.54. The Morgan fingerprint density at radius 3 is 2.50 bits per heavy atom. The summed E-state index contributed by atoms with van der Waals surface area (Å²) in [6.07, 6.45) is 6.51. The van der Waals surface area contributed by atoms with E-state index in [1.54, 1.807) is 0 Å². The van der Waals surface area contributed by atoms with Gasteiger partial charge in [0.05, 0.1) is 5.56 Å². The topological polar surface area (TPSA) is 35.5 Å². The first-order valence-electron chi connectivity index (χ1n) is 8.56. The van der Waals surface area contributed by atoms with Crippen molar-refractivity contribution >= 4 is 5.97 Å². The van der Waals surface area contributed by atoms with Crippen LogP contribution in [0.2, 0.25) is 0 Å². The first-order valence-corrected chi connectivity index (χ1v) is 8.56. The second kappa shape index (κ2) is 8.33. The second-order valence-corrected chi connectivity index (χ2v) is 6.66. The van der Waals surface area contributed by atoms with Gasteiger partial charge in [0.2, 0.25) is 0 Å². The summed E-state index contributed by atoms with van der Waals surface area (Å²) in [7, 11) is 0. The molecule has 0 spiro atoms. The smallest absolute Gasteiger partial charge is 0.293 e. The zero-order valence-corrected chi connectivity index (χ0v) is 14.0. The number of rotatable bonds is 6. The minimum Gasteiger partial charge on any atom is -0.293 e. The van der Waals surface area contributed by atoms with Gasteiger partial charge in [-0.15, -0.1) is 0 Å². The van der Waals surface area contributed by atoms with Gasteiger partial charge in [0.1, 0.15) is 6.10 Å². The van der Waals surface area contributed by atoms with E-state index in [2.05, 4.69) is 20.8 Å². The highest BCUT2D eigenvalue weighted by Gasteiger charge is 2.26. The molecule has 1 saturated carbocycles. The molecule has 0 N–H and O–H groups in total. The highest BCUT2D eigenvalue weighted by Crippen LogP contribution is 2.31. The van der Waals surface area contributed by atoms with E-state index in [-0.39, 0.29) is 6.10 Å². The molecule has 22 heavy (non-hydrogen) atoms. The third-order valence-corrected chi connectivity index (χ3v) is 4.82. The molecule has 0 aromatic heterocycles. The fourth-order valence-electron chi connectivity index (χ4n) is 2.93. The van der Waals surface area contributed by atoms with Crippen molar-refractivity contribution in [1.29, 1.82) is 0 Å². The van der Waals surface area contributed by atoms with E-state index in [9.17, 15) is 4.79 Å². The van der Waals surface area contributed by atoms with Crippen LogP contribution in [-0.4, -0.2) is 12.1 Å². The molecule has 0 aliphatic heterocycles. The predicted octanol–water partition coefficient (Wildman–Crippen LogP) is 4.94. The van der Waals surface area contributed by atoms with Gasteiger partial charge in [-0.25, -0.2) is 4.79 Å². The number of hydrogen-bond donors (Lipinski definition) is 0. The van der Waals surface area contributed by atoms with Gasteiger partial charge < -0.3 is 0 Å². The fourth-order valence-corrected chi connectivity index (χ4v) is 2.93. The average molecular weight is 304 g/mol. The maximum absolute atomic E-state index is 12.0. The van der Waals surface area contributed by atoms with E-state index >= 15 is 0 Å². The number of hydrogen-bond acceptors (Lipinski definition) is 3. The van der Waals surface area contributed by atoms with Crippen LogP contribution in [0, 0.1) is 11.8 Å². The molecule has 0 radical (unpaired) electrons. The molecule has 3 atom stereocenters. The Kier molecular flexibility index (Phi) is 6.44. The van der Waals surface area contributed by atoms with Crippen LogP contribution in [0.1, 0.15) is 68.8 Å². The summed E-state index contributed by atoms with van der Waals surface area (Å²) < 4.78 is 0. The van der Waals surface area contributed by atoms with Crippen LogP contribution < -0.4 is 0 Å². The lowest BCUT2D eigenvalue weighted by Crippen LogP contribution is -2.27. The maximum Gasteiger partial charge on any atom is 0.373 e. The molecule has 0 heterocycles. The van der Waals surface area contributed by atoms with Crippen molar-refractivity contribution < 1.29 is 14.6 Å². The van der Waals surface area contributed by atoms with E-state index in [1.165, 1.54) is 18.4 Å². The molecule has 3 unspecified atom stereocenters. The van der Waals surface area contributed by atoms with Crippen molar-refractivity contribution in [1.82, 2.24) is 0 Å². The Morgan fingerprint density at radius 1 is 1.14 bits per heavy atom. The normalized spacial score (nSPS) is 25.0. The van der Waals surface area contributed by atoms with Crippen molar-refractivity contribution in [2.45, 2.75) is 65.4 Å². The van der Waals surface area contributed by atoms with Crippen molar-refractivity contribution in [2.75, 3.05) is 0 Å². The number of unbranched alkanes of at least 4 members (excludes halogenated alkanes) is 1. The van der Waals surface area contributed by atoms with E-state index in [0.29, 0.717) is 11.5 Å². The summed E-state index contributed by atoms with van der Waals surface area (Å²) in [5.41, 5.74) is 1.81. The molecule has 0 saturated heterocycles. The summed E-state index contributed by atoms with van der Waals surface area (Å²) >= 11 is 0. The van der Waals surface area contributed by atoms with Crippen LogP contribution in [0.4, 0.5) is 0 Å². The van der Waals surface area contributed by atoms with Gasteiger partial charge in [0.15, 0.2) is 0 Å². The van der Waals surface area contributed by atoms with Gasteiger partial charge in [0, 0.05) is 0 Å². The molecular weight excluding hydrogens is 276 g/mol. The predicted molar refractivity (Wildman–Crippen MR) is 87.5 cm³/mol. The molecule has 3 heteroatoms. The molecule has 0 bridgehead atoms. The zero-order chi connectivity index (χ0) is 15.9. The van der Waals surface area contributed by atoms with E-state index < -0.39 is 5.97 Å². The molecule has 1 aliphatic rings. The van der Waals surface area contributed by atoms with Crippen LogP contribution in [0.25, 0.3) is 0 Å². The fraction of sp³-hybridized carbons (Fsp3) is 0.632. The Bertz CT molecular complexity index is 466. The Labute approximate surface area is 133 Å². The standard InChI is InChI=1S/C19H28O3/c1-4-5-6-16-8-10-17(11-9-16)19(20)22-21-18-12-7-14(2)15(3)13-18/h8-11,14-15,18H,4-7,12-13H2,1-3H3. The quantitative estimate of drug-likeness (QED) is 0.551. The van der Waals surface area contributed by atoms with Crippen LogP contribution in [-0.2, 0) is 16.2 Å². The number of carbonyl (C=O) groups excluding carboxylic acids is 1. The Morgan fingerprint density at radius 2 is 1.86 bits per heavy atom. The molecule has 2 rings (SSSR count). The van der Waals surface area contributed by atoms with Crippen molar-refractivity contribution in [3.8, 4) is 0 Å².